The molecule has 8 heteroatoms. The zero-order valence-electron chi connectivity index (χ0n) is 8.97. The van der Waals surface area contributed by atoms with Gasteiger partial charge in [0.2, 0.25) is 0 Å². The first-order valence-electron chi connectivity index (χ1n) is 4.71. The maximum Gasteiger partial charge on any atom is 0.160 e. The highest BCUT2D eigenvalue weighted by molar-refractivity contribution is 7.90. The number of nitrogen functional groups attached to an aromatic ring is 1. The third kappa shape index (κ3) is 4.89. The van der Waals surface area contributed by atoms with Gasteiger partial charge in [0.05, 0.1) is 18.1 Å². The van der Waals surface area contributed by atoms with Crippen LogP contribution in [0.2, 0.25) is 0 Å². The third-order valence-electron chi connectivity index (χ3n) is 1.78. The molecule has 1 heterocycles. The minimum atomic E-state index is -2.90. The first kappa shape index (κ1) is 12.7. The molecule has 7 nitrogen and oxygen atoms in total. The molecule has 0 atom stereocenters. The van der Waals surface area contributed by atoms with E-state index in [4.69, 9.17) is 5.84 Å². The van der Waals surface area contributed by atoms with Crippen LogP contribution in [-0.2, 0) is 9.84 Å². The fourth-order valence-electron chi connectivity index (χ4n) is 1.07. The summed E-state index contributed by atoms with van der Waals surface area (Å²) < 4.78 is 21.7. The summed E-state index contributed by atoms with van der Waals surface area (Å²) >= 11 is 0. The molecule has 1 aromatic rings. The number of nitrogens with two attached hydrogens (primary N) is 1. The van der Waals surface area contributed by atoms with Crippen molar-refractivity contribution < 1.29 is 8.42 Å². The van der Waals surface area contributed by atoms with Gasteiger partial charge in [-0.2, -0.15) is 0 Å². The van der Waals surface area contributed by atoms with Crippen molar-refractivity contribution in [2.24, 2.45) is 5.84 Å². The average molecular weight is 245 g/mol. The summed E-state index contributed by atoms with van der Waals surface area (Å²) in [7, 11) is -2.90. The smallest absolute Gasteiger partial charge is 0.160 e. The van der Waals surface area contributed by atoms with Crippen LogP contribution in [0.4, 0.5) is 11.6 Å². The van der Waals surface area contributed by atoms with Crippen molar-refractivity contribution in [3.05, 3.63) is 12.4 Å². The molecule has 16 heavy (non-hydrogen) atoms. The molecule has 1 rings (SSSR count). The number of hydrogen-bond donors (Lipinski definition) is 3. The van der Waals surface area contributed by atoms with Gasteiger partial charge in [-0.25, -0.2) is 19.2 Å². The fourth-order valence-corrected chi connectivity index (χ4v) is 1.74. The van der Waals surface area contributed by atoms with Crippen LogP contribution in [0.3, 0.4) is 0 Å². The lowest BCUT2D eigenvalue weighted by atomic mass is 10.5. The molecular formula is C8H15N5O2S. The number of hydrazine groups is 1. The van der Waals surface area contributed by atoms with E-state index in [2.05, 4.69) is 20.7 Å². The molecule has 0 saturated carbocycles. The molecule has 4 N–H and O–H groups in total. The summed E-state index contributed by atoms with van der Waals surface area (Å²) in [4.78, 5) is 7.96. The summed E-state index contributed by atoms with van der Waals surface area (Å²) in [6, 6.07) is 0. The fraction of sp³-hybridized carbons (Fsp3) is 0.500. The van der Waals surface area contributed by atoms with Crippen molar-refractivity contribution in [1.29, 1.82) is 0 Å². The average Bonchev–Trinajstić information content (AvgIpc) is 2.23. The van der Waals surface area contributed by atoms with Crippen molar-refractivity contribution in [2.75, 3.05) is 29.3 Å². The van der Waals surface area contributed by atoms with Crippen molar-refractivity contribution in [2.45, 2.75) is 6.42 Å². The molecule has 1 aromatic heterocycles. The Kier molecular flexibility index (Phi) is 4.44. The molecule has 0 aromatic carbocycles. The molecule has 0 unspecified atom stereocenters. The van der Waals surface area contributed by atoms with Gasteiger partial charge >= 0.3 is 0 Å². The third-order valence-corrected chi connectivity index (χ3v) is 2.81. The number of anilines is 2. The number of aromatic nitrogens is 2. The molecule has 0 fully saturated rings. The number of nitrogens with zero attached hydrogens (tertiary/aromatic N) is 2. The molecule has 0 saturated heterocycles. The van der Waals surface area contributed by atoms with Crippen LogP contribution in [0.15, 0.2) is 12.4 Å². The van der Waals surface area contributed by atoms with Crippen LogP contribution in [0.25, 0.3) is 0 Å². The van der Waals surface area contributed by atoms with E-state index < -0.39 is 9.84 Å². The van der Waals surface area contributed by atoms with Gasteiger partial charge in [-0.05, 0) is 6.42 Å². The largest absolute Gasteiger partial charge is 0.369 e. The Morgan fingerprint density at radius 3 is 2.69 bits per heavy atom. The van der Waals surface area contributed by atoms with Crippen LogP contribution in [-0.4, -0.2) is 36.9 Å². The Morgan fingerprint density at radius 2 is 2.06 bits per heavy atom. The summed E-state index contributed by atoms with van der Waals surface area (Å²) in [6.07, 6.45) is 4.77. The Balaban J connectivity index is 2.37. The van der Waals surface area contributed by atoms with Gasteiger partial charge in [0.1, 0.15) is 15.7 Å². The molecule has 0 aliphatic carbocycles. The van der Waals surface area contributed by atoms with E-state index in [9.17, 15) is 8.42 Å². The van der Waals surface area contributed by atoms with E-state index in [0.717, 1.165) is 0 Å². The van der Waals surface area contributed by atoms with Gasteiger partial charge in [-0.15, -0.1) is 0 Å². The highest BCUT2D eigenvalue weighted by Crippen LogP contribution is 2.04. The first-order chi connectivity index (χ1) is 7.51. The molecule has 0 bridgehead atoms. The predicted octanol–water partition coefficient (Wildman–Crippen LogP) is -0.391. The molecule has 0 spiro atoms. The number of rotatable bonds is 6. The standard InChI is InChI=1S/C8H15N5O2S/c1-16(14,15)4-2-3-11-7-5-10-6-8(12-7)13-9/h5-6H,2-4,9H2,1H3,(H2,11,12,13). The second-order valence-corrected chi connectivity index (χ2v) is 5.60. The number of hydrogen-bond acceptors (Lipinski definition) is 7. The molecule has 0 aliphatic heterocycles. The zero-order chi connectivity index (χ0) is 12.0. The maximum atomic E-state index is 10.9. The number of sulfone groups is 1. The molecule has 0 amide bonds. The van der Waals surface area contributed by atoms with Crippen molar-refractivity contribution in [3.63, 3.8) is 0 Å². The summed E-state index contributed by atoms with van der Waals surface area (Å²) in [6.45, 7) is 0.524. The lowest BCUT2D eigenvalue weighted by Gasteiger charge is -2.05. The predicted molar refractivity (Wildman–Crippen MR) is 62.7 cm³/mol. The van der Waals surface area contributed by atoms with Crippen LogP contribution in [0, 0.1) is 0 Å². The molecule has 0 aliphatic rings. The zero-order valence-corrected chi connectivity index (χ0v) is 9.79. The summed E-state index contributed by atoms with van der Waals surface area (Å²) in [5.41, 5.74) is 2.37. The molecular weight excluding hydrogens is 230 g/mol. The van der Waals surface area contributed by atoms with E-state index in [1.165, 1.54) is 12.5 Å². The van der Waals surface area contributed by atoms with E-state index in [0.29, 0.717) is 24.6 Å². The Labute approximate surface area is 94.4 Å². The highest BCUT2D eigenvalue weighted by Gasteiger charge is 2.01. The van der Waals surface area contributed by atoms with E-state index in [1.807, 2.05) is 0 Å². The van der Waals surface area contributed by atoms with Crippen LogP contribution in [0.1, 0.15) is 6.42 Å². The highest BCUT2D eigenvalue weighted by atomic mass is 32.2. The molecule has 0 radical (unpaired) electrons. The Bertz CT molecular complexity index is 434. The van der Waals surface area contributed by atoms with Gasteiger partial charge < -0.3 is 10.7 Å². The van der Waals surface area contributed by atoms with Gasteiger partial charge in [0.25, 0.3) is 0 Å². The normalized spacial score (nSPS) is 11.1. The Morgan fingerprint density at radius 1 is 1.38 bits per heavy atom. The quantitative estimate of drug-likeness (QED) is 0.355. The second kappa shape index (κ2) is 5.61. The monoisotopic (exact) mass is 245 g/mol. The lowest BCUT2D eigenvalue weighted by molar-refractivity contribution is 0.600. The topological polar surface area (TPSA) is 110 Å². The minimum absolute atomic E-state index is 0.155. The summed E-state index contributed by atoms with van der Waals surface area (Å²) in [5, 5.41) is 2.96. The van der Waals surface area contributed by atoms with Crippen molar-refractivity contribution in [1.82, 2.24) is 9.97 Å². The maximum absolute atomic E-state index is 10.9. The van der Waals surface area contributed by atoms with Crippen LogP contribution >= 0.6 is 0 Å². The van der Waals surface area contributed by atoms with E-state index in [1.54, 1.807) is 6.20 Å². The minimum Gasteiger partial charge on any atom is -0.369 e. The lowest BCUT2D eigenvalue weighted by Crippen LogP contribution is -2.12. The van der Waals surface area contributed by atoms with E-state index in [-0.39, 0.29) is 5.75 Å². The first-order valence-corrected chi connectivity index (χ1v) is 6.77. The summed E-state index contributed by atoms with van der Waals surface area (Å²) in [5.74, 6) is 6.34. The SMILES string of the molecule is CS(=O)(=O)CCCNc1cncc(NN)n1. The van der Waals surface area contributed by atoms with Gasteiger partial charge in [-0.3, -0.25) is 4.98 Å². The van der Waals surface area contributed by atoms with Crippen LogP contribution in [0.5, 0.6) is 0 Å². The van der Waals surface area contributed by atoms with Crippen molar-refractivity contribution >= 4 is 21.5 Å². The van der Waals surface area contributed by atoms with E-state index >= 15 is 0 Å². The van der Waals surface area contributed by atoms with Gasteiger partial charge in [0.15, 0.2) is 5.82 Å². The number of nitrogens with one attached hydrogen (secondary N) is 2. The van der Waals surface area contributed by atoms with Gasteiger partial charge in [0, 0.05) is 12.8 Å². The van der Waals surface area contributed by atoms with Crippen LogP contribution < -0.4 is 16.6 Å². The molecule has 90 valence electrons. The Hall–Kier alpha value is -1.41. The van der Waals surface area contributed by atoms with Gasteiger partial charge in [-0.1, -0.05) is 0 Å². The second-order valence-electron chi connectivity index (χ2n) is 3.34. The van der Waals surface area contributed by atoms with Crippen molar-refractivity contribution in [3.8, 4) is 0 Å².